The number of imidazole rings is 1. The Morgan fingerprint density at radius 3 is 2.71 bits per heavy atom. The third kappa shape index (κ3) is 1.72. The average Bonchev–Trinajstić information content (AvgIpc) is 3.16. The first kappa shape index (κ1) is 13.2. The summed E-state index contributed by atoms with van der Waals surface area (Å²) in [6.45, 7) is 4.19. The summed E-state index contributed by atoms with van der Waals surface area (Å²) < 4.78 is 8.00. The first-order valence-electron chi connectivity index (χ1n) is 7.79. The van der Waals surface area contributed by atoms with Gasteiger partial charge in [0.25, 0.3) is 0 Å². The fourth-order valence-corrected chi connectivity index (χ4v) is 3.12. The average molecular weight is 314 g/mol. The standard InChI is InChI=1S/C19H14N4O/c1-11-7-14-15(8-12(11)2)23(10-22-14)19-18-17(20-9-21-19)13-5-3-4-6-16(13)24-18/h3-10H,1-2H3. The predicted molar refractivity (Wildman–Crippen MR) is 93.4 cm³/mol. The maximum absolute atomic E-state index is 6.04. The molecule has 5 nitrogen and oxygen atoms in total. The number of nitrogens with zero attached hydrogens (tertiary/aromatic N) is 4. The third-order valence-corrected chi connectivity index (χ3v) is 4.53. The summed E-state index contributed by atoms with van der Waals surface area (Å²) in [7, 11) is 0. The molecule has 116 valence electrons. The Balaban J connectivity index is 1.88. The fourth-order valence-electron chi connectivity index (χ4n) is 3.12. The molecule has 5 heteroatoms. The summed E-state index contributed by atoms with van der Waals surface area (Å²) in [6.07, 6.45) is 3.37. The summed E-state index contributed by atoms with van der Waals surface area (Å²) in [5, 5.41) is 0.993. The van der Waals surface area contributed by atoms with Crippen molar-refractivity contribution in [3.63, 3.8) is 0 Å². The quantitative estimate of drug-likeness (QED) is 0.462. The van der Waals surface area contributed by atoms with E-state index in [0.717, 1.165) is 27.5 Å². The third-order valence-electron chi connectivity index (χ3n) is 4.53. The van der Waals surface area contributed by atoms with Crippen LogP contribution in [0.15, 0.2) is 53.5 Å². The van der Waals surface area contributed by atoms with Crippen molar-refractivity contribution >= 4 is 33.1 Å². The van der Waals surface area contributed by atoms with Gasteiger partial charge in [0, 0.05) is 5.39 Å². The molecular formula is C19H14N4O. The van der Waals surface area contributed by atoms with E-state index in [2.05, 4.69) is 40.9 Å². The van der Waals surface area contributed by atoms with E-state index in [-0.39, 0.29) is 0 Å². The Kier molecular flexibility index (Phi) is 2.56. The van der Waals surface area contributed by atoms with Crippen LogP contribution in [0, 0.1) is 13.8 Å². The van der Waals surface area contributed by atoms with Crippen LogP contribution in [0.5, 0.6) is 0 Å². The minimum absolute atomic E-state index is 0.677. The molecule has 0 bridgehead atoms. The van der Waals surface area contributed by atoms with E-state index in [0.29, 0.717) is 11.4 Å². The first-order valence-corrected chi connectivity index (χ1v) is 7.79. The van der Waals surface area contributed by atoms with Gasteiger partial charge in [0.15, 0.2) is 11.4 Å². The molecule has 0 saturated carbocycles. The number of para-hydroxylation sites is 1. The molecule has 0 N–H and O–H groups in total. The lowest BCUT2D eigenvalue weighted by Gasteiger charge is -2.05. The van der Waals surface area contributed by atoms with Gasteiger partial charge in [0.05, 0.1) is 11.0 Å². The number of benzene rings is 2. The molecule has 24 heavy (non-hydrogen) atoms. The van der Waals surface area contributed by atoms with Crippen LogP contribution >= 0.6 is 0 Å². The summed E-state index contributed by atoms with van der Waals surface area (Å²) in [5.41, 5.74) is 6.71. The Morgan fingerprint density at radius 2 is 1.79 bits per heavy atom. The Bertz CT molecular complexity index is 1230. The number of aromatic nitrogens is 4. The summed E-state index contributed by atoms with van der Waals surface area (Å²) in [4.78, 5) is 13.4. The van der Waals surface area contributed by atoms with Crippen molar-refractivity contribution in [3.8, 4) is 5.82 Å². The topological polar surface area (TPSA) is 56.7 Å². The fraction of sp³-hybridized carbons (Fsp3) is 0.105. The molecule has 0 aliphatic heterocycles. The predicted octanol–water partition coefficient (Wildman–Crippen LogP) is 4.33. The van der Waals surface area contributed by atoms with Gasteiger partial charge in [0.1, 0.15) is 23.8 Å². The van der Waals surface area contributed by atoms with Crippen molar-refractivity contribution in [2.24, 2.45) is 0 Å². The van der Waals surface area contributed by atoms with Gasteiger partial charge in [0.2, 0.25) is 0 Å². The van der Waals surface area contributed by atoms with Gasteiger partial charge < -0.3 is 4.42 Å². The lowest BCUT2D eigenvalue weighted by Crippen LogP contribution is -1.97. The highest BCUT2D eigenvalue weighted by Gasteiger charge is 2.16. The summed E-state index contributed by atoms with van der Waals surface area (Å²) in [5.74, 6) is 0.710. The number of furan rings is 1. The van der Waals surface area contributed by atoms with Crippen molar-refractivity contribution in [1.82, 2.24) is 19.5 Å². The first-order chi connectivity index (χ1) is 11.7. The van der Waals surface area contributed by atoms with Gasteiger partial charge in [-0.25, -0.2) is 15.0 Å². The van der Waals surface area contributed by atoms with Gasteiger partial charge in [-0.2, -0.15) is 0 Å². The Hall–Kier alpha value is -3.21. The van der Waals surface area contributed by atoms with Crippen LogP contribution in [-0.4, -0.2) is 19.5 Å². The maximum Gasteiger partial charge on any atom is 0.197 e. The Labute approximate surface area is 137 Å². The van der Waals surface area contributed by atoms with Crippen molar-refractivity contribution in [2.45, 2.75) is 13.8 Å². The summed E-state index contributed by atoms with van der Waals surface area (Å²) in [6, 6.07) is 12.1. The molecule has 3 heterocycles. The van der Waals surface area contributed by atoms with E-state index in [1.807, 2.05) is 28.8 Å². The van der Waals surface area contributed by atoms with Crippen molar-refractivity contribution < 1.29 is 4.42 Å². The maximum atomic E-state index is 6.04. The molecule has 0 unspecified atom stereocenters. The summed E-state index contributed by atoms with van der Waals surface area (Å²) >= 11 is 0. The lowest BCUT2D eigenvalue weighted by molar-refractivity contribution is 0.661. The largest absolute Gasteiger partial charge is 0.450 e. The molecule has 0 radical (unpaired) electrons. The van der Waals surface area contributed by atoms with Gasteiger partial charge in [-0.3, -0.25) is 4.57 Å². The van der Waals surface area contributed by atoms with Crippen molar-refractivity contribution in [3.05, 3.63) is 60.2 Å². The van der Waals surface area contributed by atoms with Crippen LogP contribution in [-0.2, 0) is 0 Å². The molecule has 2 aromatic carbocycles. The van der Waals surface area contributed by atoms with Crippen LogP contribution < -0.4 is 0 Å². The van der Waals surface area contributed by atoms with Gasteiger partial charge in [-0.05, 0) is 49.2 Å². The number of hydrogen-bond acceptors (Lipinski definition) is 4. The van der Waals surface area contributed by atoms with E-state index >= 15 is 0 Å². The monoisotopic (exact) mass is 314 g/mol. The number of hydrogen-bond donors (Lipinski definition) is 0. The number of rotatable bonds is 1. The molecule has 0 amide bonds. The molecule has 0 fully saturated rings. The van der Waals surface area contributed by atoms with E-state index < -0.39 is 0 Å². The van der Waals surface area contributed by atoms with Crippen LogP contribution in [0.1, 0.15) is 11.1 Å². The highest BCUT2D eigenvalue weighted by molar-refractivity contribution is 6.04. The minimum Gasteiger partial charge on any atom is -0.450 e. The van der Waals surface area contributed by atoms with Crippen LogP contribution in [0.2, 0.25) is 0 Å². The van der Waals surface area contributed by atoms with E-state index in [9.17, 15) is 0 Å². The highest BCUT2D eigenvalue weighted by atomic mass is 16.3. The second kappa shape index (κ2) is 4.64. The van der Waals surface area contributed by atoms with Gasteiger partial charge in [-0.1, -0.05) is 12.1 Å². The van der Waals surface area contributed by atoms with Crippen LogP contribution in [0.3, 0.4) is 0 Å². The molecule has 3 aromatic heterocycles. The molecule has 0 aliphatic rings. The zero-order chi connectivity index (χ0) is 16.3. The van der Waals surface area contributed by atoms with Crippen LogP contribution in [0.4, 0.5) is 0 Å². The van der Waals surface area contributed by atoms with Crippen molar-refractivity contribution in [1.29, 1.82) is 0 Å². The zero-order valence-electron chi connectivity index (χ0n) is 13.3. The second-order valence-corrected chi connectivity index (χ2v) is 6.01. The molecule has 0 spiro atoms. The molecule has 5 rings (SSSR count). The van der Waals surface area contributed by atoms with E-state index in [1.54, 1.807) is 12.7 Å². The molecule has 0 aliphatic carbocycles. The van der Waals surface area contributed by atoms with Gasteiger partial charge in [-0.15, -0.1) is 0 Å². The van der Waals surface area contributed by atoms with Crippen LogP contribution in [0.25, 0.3) is 38.9 Å². The van der Waals surface area contributed by atoms with E-state index in [4.69, 9.17) is 4.42 Å². The Morgan fingerprint density at radius 1 is 0.958 bits per heavy atom. The number of fused-ring (bicyclic) bond motifs is 4. The highest BCUT2D eigenvalue weighted by Crippen LogP contribution is 2.31. The lowest BCUT2D eigenvalue weighted by atomic mass is 10.1. The zero-order valence-corrected chi connectivity index (χ0v) is 13.3. The minimum atomic E-state index is 0.677. The van der Waals surface area contributed by atoms with Gasteiger partial charge >= 0.3 is 0 Å². The molecular weight excluding hydrogens is 300 g/mol. The molecule has 0 saturated heterocycles. The SMILES string of the molecule is Cc1cc2ncn(-c3ncnc4c3oc3ccccc34)c2cc1C. The van der Waals surface area contributed by atoms with E-state index in [1.165, 1.54) is 11.1 Å². The normalized spacial score (nSPS) is 11.8. The molecule has 5 aromatic rings. The van der Waals surface area contributed by atoms with Crippen molar-refractivity contribution in [2.75, 3.05) is 0 Å². The smallest absolute Gasteiger partial charge is 0.197 e. The second-order valence-electron chi connectivity index (χ2n) is 6.01. The molecule has 0 atom stereocenters. The number of aryl methyl sites for hydroxylation is 2.